The lowest BCUT2D eigenvalue weighted by molar-refractivity contribution is 0.0935. The number of para-hydroxylation sites is 1. The molecule has 1 fully saturated rings. The van der Waals surface area contributed by atoms with E-state index in [-0.39, 0.29) is 18.0 Å². The highest BCUT2D eigenvalue weighted by Gasteiger charge is 2.34. The van der Waals surface area contributed by atoms with Crippen LogP contribution in [0.15, 0.2) is 54.7 Å². The standard InChI is InChI=1S/C28H27N5O3S/c1-16-17(2)22(36-19-8-4-3-5-9-19)11-10-20(16)33-21-12-14-30-27-23(21)24(32-28(33)35)25(37-27)26(34)31-18-7-6-13-29-15-18/h3-5,8-12,14,18,29H,6-7,13,15H2,1-2H3,(H,31,34)(H,32,35). The molecule has 8 nitrogen and oxygen atoms in total. The minimum atomic E-state index is -0.314. The van der Waals surface area contributed by atoms with Gasteiger partial charge >= 0.3 is 6.03 Å². The van der Waals surface area contributed by atoms with Crippen LogP contribution in [0.4, 0.5) is 21.9 Å². The molecule has 0 radical (unpaired) electrons. The summed E-state index contributed by atoms with van der Waals surface area (Å²) in [7, 11) is 0. The molecule has 3 amide bonds. The van der Waals surface area contributed by atoms with Crippen LogP contribution in [-0.2, 0) is 0 Å². The normalized spacial score (nSPS) is 17.0. The van der Waals surface area contributed by atoms with Crippen LogP contribution in [0.1, 0.15) is 33.6 Å². The number of benzene rings is 2. The molecule has 37 heavy (non-hydrogen) atoms. The van der Waals surface area contributed by atoms with Crippen LogP contribution in [0.25, 0.3) is 10.2 Å². The first-order valence-corrected chi connectivity index (χ1v) is 13.2. The Labute approximate surface area is 218 Å². The molecule has 0 aliphatic carbocycles. The minimum absolute atomic E-state index is 0.0733. The number of aromatic nitrogens is 1. The quantitative estimate of drug-likeness (QED) is 0.310. The van der Waals surface area contributed by atoms with Crippen molar-refractivity contribution >= 4 is 50.6 Å². The van der Waals surface area contributed by atoms with Gasteiger partial charge in [0, 0.05) is 18.8 Å². The number of carbonyl (C=O) groups excluding carboxylic acids is 2. The topological polar surface area (TPSA) is 95.6 Å². The van der Waals surface area contributed by atoms with Crippen molar-refractivity contribution in [3.8, 4) is 11.5 Å². The SMILES string of the molecule is Cc1c(Oc2ccccc2)ccc(N2C(=O)Nc3c(C(=O)NC4CCCNC4)sc4nccc2c34)c1C. The number of nitrogens with zero attached hydrogens (tertiary/aromatic N) is 2. The van der Waals surface area contributed by atoms with E-state index in [0.29, 0.717) is 21.1 Å². The van der Waals surface area contributed by atoms with Gasteiger partial charge in [-0.3, -0.25) is 9.69 Å². The van der Waals surface area contributed by atoms with Gasteiger partial charge in [0.05, 0.1) is 22.4 Å². The largest absolute Gasteiger partial charge is 0.457 e. The summed E-state index contributed by atoms with van der Waals surface area (Å²) in [5.41, 5.74) is 3.85. The Morgan fingerprint density at radius 2 is 1.95 bits per heavy atom. The Hall–Kier alpha value is -3.95. The van der Waals surface area contributed by atoms with Gasteiger partial charge in [-0.1, -0.05) is 18.2 Å². The number of carbonyl (C=O) groups is 2. The number of amides is 3. The zero-order chi connectivity index (χ0) is 25.5. The van der Waals surface area contributed by atoms with Crippen LogP contribution in [0, 0.1) is 13.8 Å². The van der Waals surface area contributed by atoms with Gasteiger partial charge in [0.25, 0.3) is 5.91 Å². The number of pyridine rings is 1. The van der Waals surface area contributed by atoms with Crippen molar-refractivity contribution in [2.75, 3.05) is 23.3 Å². The summed E-state index contributed by atoms with van der Waals surface area (Å²) in [4.78, 5) is 34.1. The smallest absolute Gasteiger partial charge is 0.331 e. The molecule has 2 aromatic heterocycles. The molecule has 188 valence electrons. The van der Waals surface area contributed by atoms with Crippen LogP contribution >= 0.6 is 11.3 Å². The van der Waals surface area contributed by atoms with E-state index in [9.17, 15) is 9.59 Å². The van der Waals surface area contributed by atoms with E-state index >= 15 is 0 Å². The Morgan fingerprint density at radius 3 is 2.73 bits per heavy atom. The predicted molar refractivity (Wildman–Crippen MR) is 147 cm³/mol. The summed E-state index contributed by atoms with van der Waals surface area (Å²) >= 11 is 1.30. The summed E-state index contributed by atoms with van der Waals surface area (Å²) in [5.74, 6) is 1.31. The van der Waals surface area contributed by atoms with Gasteiger partial charge < -0.3 is 20.7 Å². The molecule has 0 bridgehead atoms. The summed E-state index contributed by atoms with van der Waals surface area (Å²) in [6, 6.07) is 15.0. The highest BCUT2D eigenvalue weighted by molar-refractivity contribution is 7.21. The highest BCUT2D eigenvalue weighted by atomic mass is 32.1. The van der Waals surface area contributed by atoms with Crippen LogP contribution < -0.4 is 25.6 Å². The summed E-state index contributed by atoms with van der Waals surface area (Å²) < 4.78 is 6.09. The minimum Gasteiger partial charge on any atom is -0.457 e. The van der Waals surface area contributed by atoms with Crippen LogP contribution in [0.2, 0.25) is 0 Å². The van der Waals surface area contributed by atoms with E-state index in [0.717, 1.165) is 59.6 Å². The van der Waals surface area contributed by atoms with Gasteiger partial charge in [-0.25, -0.2) is 9.78 Å². The number of hydrogen-bond donors (Lipinski definition) is 3. The molecule has 2 aliphatic rings. The van der Waals surface area contributed by atoms with Crippen molar-refractivity contribution in [1.82, 2.24) is 15.6 Å². The zero-order valence-corrected chi connectivity index (χ0v) is 21.4. The number of nitrogens with one attached hydrogen (secondary N) is 3. The second-order valence-corrected chi connectivity index (χ2v) is 10.3. The average Bonchev–Trinajstić information content (AvgIpc) is 3.28. The number of rotatable bonds is 5. The van der Waals surface area contributed by atoms with Gasteiger partial charge in [0.15, 0.2) is 0 Å². The van der Waals surface area contributed by atoms with Gasteiger partial charge in [-0.2, -0.15) is 0 Å². The number of urea groups is 1. The summed E-state index contributed by atoms with van der Waals surface area (Å²) in [6.07, 6.45) is 3.64. The third kappa shape index (κ3) is 4.20. The van der Waals surface area contributed by atoms with Crippen molar-refractivity contribution in [3.63, 3.8) is 0 Å². The van der Waals surface area contributed by atoms with Crippen LogP contribution in [-0.4, -0.2) is 36.1 Å². The number of ether oxygens (including phenoxy) is 1. The molecule has 6 rings (SSSR count). The fourth-order valence-electron chi connectivity index (χ4n) is 4.96. The fourth-order valence-corrected chi connectivity index (χ4v) is 5.98. The molecule has 4 heterocycles. The van der Waals surface area contributed by atoms with E-state index in [2.05, 4.69) is 20.9 Å². The molecule has 3 N–H and O–H groups in total. The number of hydrogen-bond acceptors (Lipinski definition) is 6. The number of piperidine rings is 1. The van der Waals surface area contributed by atoms with E-state index in [1.807, 2.05) is 62.4 Å². The van der Waals surface area contributed by atoms with E-state index in [4.69, 9.17) is 4.74 Å². The molecule has 1 unspecified atom stereocenters. The van der Waals surface area contributed by atoms with Crippen molar-refractivity contribution in [2.24, 2.45) is 0 Å². The van der Waals surface area contributed by atoms with Gasteiger partial charge in [-0.05, 0) is 74.7 Å². The summed E-state index contributed by atoms with van der Waals surface area (Å²) in [6.45, 7) is 5.68. The highest BCUT2D eigenvalue weighted by Crippen LogP contribution is 2.47. The zero-order valence-electron chi connectivity index (χ0n) is 20.6. The van der Waals surface area contributed by atoms with Gasteiger partial charge in [0.1, 0.15) is 21.2 Å². The third-order valence-corrected chi connectivity index (χ3v) is 8.10. The Kier molecular flexibility index (Phi) is 6.02. The first-order chi connectivity index (χ1) is 18.0. The van der Waals surface area contributed by atoms with Crippen molar-refractivity contribution < 1.29 is 14.3 Å². The monoisotopic (exact) mass is 513 g/mol. The molecule has 2 aromatic carbocycles. The Morgan fingerprint density at radius 1 is 1.11 bits per heavy atom. The molecular formula is C28H27N5O3S. The van der Waals surface area contributed by atoms with Crippen molar-refractivity contribution in [3.05, 3.63) is 70.7 Å². The molecule has 0 saturated carbocycles. The lowest BCUT2D eigenvalue weighted by Crippen LogP contribution is -2.45. The molecular weight excluding hydrogens is 486 g/mol. The second kappa shape index (κ2) is 9.49. The van der Waals surface area contributed by atoms with Crippen molar-refractivity contribution in [2.45, 2.75) is 32.7 Å². The Bertz CT molecular complexity index is 1510. The maximum atomic E-state index is 13.5. The van der Waals surface area contributed by atoms with Gasteiger partial charge in [-0.15, -0.1) is 11.3 Å². The molecule has 0 spiro atoms. The maximum absolute atomic E-state index is 13.5. The Balaban J connectivity index is 1.37. The number of thiophene rings is 1. The fraction of sp³-hybridized carbons (Fsp3) is 0.250. The maximum Gasteiger partial charge on any atom is 0.331 e. The first-order valence-electron chi connectivity index (χ1n) is 12.4. The first kappa shape index (κ1) is 23.4. The van der Waals surface area contributed by atoms with Crippen molar-refractivity contribution in [1.29, 1.82) is 0 Å². The number of anilines is 3. The predicted octanol–water partition coefficient (Wildman–Crippen LogP) is 5.87. The van der Waals surface area contributed by atoms with Crippen LogP contribution in [0.5, 0.6) is 11.5 Å². The summed E-state index contributed by atoms with van der Waals surface area (Å²) in [5, 5.41) is 10.2. The van der Waals surface area contributed by atoms with E-state index in [1.165, 1.54) is 11.3 Å². The lowest BCUT2D eigenvalue weighted by Gasteiger charge is -2.30. The molecule has 2 aliphatic heterocycles. The molecule has 1 atom stereocenters. The van der Waals surface area contributed by atoms with Crippen LogP contribution in [0.3, 0.4) is 0 Å². The second-order valence-electron chi connectivity index (χ2n) is 9.35. The molecule has 9 heteroatoms. The molecule has 1 saturated heterocycles. The molecule has 4 aromatic rings. The van der Waals surface area contributed by atoms with Gasteiger partial charge in [0.2, 0.25) is 0 Å². The van der Waals surface area contributed by atoms with E-state index < -0.39 is 0 Å². The third-order valence-electron chi connectivity index (χ3n) is 7.01. The lowest BCUT2D eigenvalue weighted by atomic mass is 10.0. The average molecular weight is 514 g/mol. The van der Waals surface area contributed by atoms with E-state index in [1.54, 1.807) is 11.1 Å².